The van der Waals surface area contributed by atoms with E-state index in [4.69, 9.17) is 4.74 Å². The summed E-state index contributed by atoms with van der Waals surface area (Å²) in [5, 5.41) is 3.35. The lowest BCUT2D eigenvalue weighted by molar-refractivity contribution is 0.00271. The highest BCUT2D eigenvalue weighted by atomic mass is 19.1. The van der Waals surface area contributed by atoms with E-state index >= 15 is 0 Å². The van der Waals surface area contributed by atoms with Crippen molar-refractivity contribution in [2.24, 2.45) is 0 Å². The zero-order valence-electron chi connectivity index (χ0n) is 11.4. The van der Waals surface area contributed by atoms with E-state index in [0.717, 1.165) is 50.2 Å². The maximum Gasteiger partial charge on any atom is 0.126 e. The molecule has 2 unspecified atom stereocenters. The van der Waals surface area contributed by atoms with E-state index in [-0.39, 0.29) is 11.9 Å². The van der Waals surface area contributed by atoms with Gasteiger partial charge in [-0.1, -0.05) is 12.1 Å². The van der Waals surface area contributed by atoms with Gasteiger partial charge in [-0.3, -0.25) is 4.90 Å². The molecule has 1 aromatic carbocycles. The maximum atomic E-state index is 13.7. The molecule has 0 aromatic heterocycles. The highest BCUT2D eigenvalue weighted by Gasteiger charge is 2.29. The van der Waals surface area contributed by atoms with Gasteiger partial charge < -0.3 is 10.1 Å². The average molecular weight is 264 g/mol. The van der Waals surface area contributed by atoms with E-state index in [9.17, 15) is 4.39 Å². The summed E-state index contributed by atoms with van der Waals surface area (Å²) in [6.45, 7) is 3.53. The van der Waals surface area contributed by atoms with Crippen LogP contribution in [0.15, 0.2) is 18.2 Å². The standard InChI is InChI=1S/C15H21FN2O/c1-18(10-11-9-17-7-8-19-11)15-6-5-12-13(15)3-2-4-14(12)16/h2-4,11,15,17H,5-10H2,1H3. The molecule has 1 aliphatic carbocycles. The first-order valence-corrected chi connectivity index (χ1v) is 7.05. The minimum Gasteiger partial charge on any atom is -0.374 e. The summed E-state index contributed by atoms with van der Waals surface area (Å²) in [6, 6.07) is 5.78. The molecule has 0 bridgehead atoms. The number of morpholine rings is 1. The number of nitrogens with zero attached hydrogens (tertiary/aromatic N) is 1. The van der Waals surface area contributed by atoms with Crippen LogP contribution >= 0.6 is 0 Å². The summed E-state index contributed by atoms with van der Waals surface area (Å²) in [5.74, 6) is -0.0519. The van der Waals surface area contributed by atoms with Crippen LogP contribution in [-0.4, -0.2) is 44.3 Å². The summed E-state index contributed by atoms with van der Waals surface area (Å²) < 4.78 is 19.5. The Balaban J connectivity index is 1.69. The summed E-state index contributed by atoms with van der Waals surface area (Å²) in [4.78, 5) is 2.31. The van der Waals surface area contributed by atoms with Crippen molar-refractivity contribution in [1.82, 2.24) is 10.2 Å². The van der Waals surface area contributed by atoms with Crippen molar-refractivity contribution in [2.75, 3.05) is 33.3 Å². The van der Waals surface area contributed by atoms with Crippen LogP contribution in [0.3, 0.4) is 0 Å². The van der Waals surface area contributed by atoms with Crippen molar-refractivity contribution >= 4 is 0 Å². The molecule has 2 aliphatic rings. The highest BCUT2D eigenvalue weighted by Crippen LogP contribution is 2.36. The van der Waals surface area contributed by atoms with Gasteiger partial charge in [0.25, 0.3) is 0 Å². The van der Waals surface area contributed by atoms with Gasteiger partial charge in [0.15, 0.2) is 0 Å². The zero-order chi connectivity index (χ0) is 13.2. The van der Waals surface area contributed by atoms with E-state index in [1.807, 2.05) is 6.07 Å². The highest BCUT2D eigenvalue weighted by molar-refractivity contribution is 5.35. The molecule has 0 saturated carbocycles. The predicted octanol–water partition coefficient (Wildman–Crippen LogP) is 1.73. The van der Waals surface area contributed by atoms with Gasteiger partial charge in [-0.15, -0.1) is 0 Å². The summed E-state index contributed by atoms with van der Waals surface area (Å²) in [6.07, 6.45) is 2.10. The van der Waals surface area contributed by atoms with E-state index in [1.54, 1.807) is 6.07 Å². The Labute approximate surface area is 113 Å². The largest absolute Gasteiger partial charge is 0.374 e. The second-order valence-corrected chi connectivity index (χ2v) is 5.50. The Kier molecular flexibility index (Phi) is 3.82. The molecule has 104 valence electrons. The van der Waals surface area contributed by atoms with E-state index in [1.165, 1.54) is 0 Å². The number of fused-ring (bicyclic) bond motifs is 1. The molecule has 3 rings (SSSR count). The first kappa shape index (κ1) is 13.0. The fourth-order valence-electron chi connectivity index (χ4n) is 3.23. The molecule has 3 nitrogen and oxygen atoms in total. The lowest BCUT2D eigenvalue weighted by Crippen LogP contribution is -2.44. The number of rotatable bonds is 3. The molecule has 0 radical (unpaired) electrons. The summed E-state index contributed by atoms with van der Waals surface area (Å²) in [7, 11) is 2.11. The molecule has 1 fully saturated rings. The second kappa shape index (κ2) is 5.57. The lowest BCUT2D eigenvalue weighted by Gasteiger charge is -2.31. The third kappa shape index (κ3) is 2.66. The van der Waals surface area contributed by atoms with Crippen molar-refractivity contribution in [2.45, 2.75) is 25.0 Å². The average Bonchev–Trinajstić information content (AvgIpc) is 2.85. The topological polar surface area (TPSA) is 24.5 Å². The Morgan fingerprint density at radius 2 is 2.37 bits per heavy atom. The zero-order valence-corrected chi connectivity index (χ0v) is 11.4. The Bertz CT molecular complexity index is 446. The first-order valence-electron chi connectivity index (χ1n) is 7.05. The number of ether oxygens (including phenoxy) is 1. The number of hydrogen-bond acceptors (Lipinski definition) is 3. The third-order valence-electron chi connectivity index (χ3n) is 4.21. The normalized spacial score (nSPS) is 26.7. The van der Waals surface area contributed by atoms with Crippen LogP contribution in [0.5, 0.6) is 0 Å². The van der Waals surface area contributed by atoms with Gasteiger partial charge >= 0.3 is 0 Å². The molecule has 19 heavy (non-hydrogen) atoms. The van der Waals surface area contributed by atoms with Crippen LogP contribution < -0.4 is 5.32 Å². The molecule has 1 saturated heterocycles. The molecular formula is C15H21FN2O. The molecule has 1 aliphatic heterocycles. The number of benzene rings is 1. The van der Waals surface area contributed by atoms with Gasteiger partial charge in [0.2, 0.25) is 0 Å². The van der Waals surface area contributed by atoms with Crippen LogP contribution in [0.2, 0.25) is 0 Å². The number of halogens is 1. The van der Waals surface area contributed by atoms with E-state index in [0.29, 0.717) is 6.04 Å². The number of nitrogens with one attached hydrogen (secondary N) is 1. The van der Waals surface area contributed by atoms with Crippen molar-refractivity contribution in [3.05, 3.63) is 35.1 Å². The van der Waals surface area contributed by atoms with Crippen molar-refractivity contribution in [1.29, 1.82) is 0 Å². The van der Waals surface area contributed by atoms with Gasteiger partial charge in [0.1, 0.15) is 5.82 Å². The van der Waals surface area contributed by atoms with E-state index < -0.39 is 0 Å². The molecule has 1 N–H and O–H groups in total. The first-order chi connectivity index (χ1) is 9.25. The fourth-order valence-corrected chi connectivity index (χ4v) is 3.23. The van der Waals surface area contributed by atoms with Crippen molar-refractivity contribution in [3.8, 4) is 0 Å². The predicted molar refractivity (Wildman–Crippen MR) is 72.7 cm³/mol. The minimum atomic E-state index is -0.0519. The molecule has 1 heterocycles. The van der Waals surface area contributed by atoms with Crippen molar-refractivity contribution in [3.63, 3.8) is 0 Å². The number of hydrogen-bond donors (Lipinski definition) is 1. The Morgan fingerprint density at radius 3 is 3.16 bits per heavy atom. The third-order valence-corrected chi connectivity index (χ3v) is 4.21. The summed E-state index contributed by atoms with van der Waals surface area (Å²) in [5.41, 5.74) is 2.06. The van der Waals surface area contributed by atoms with Crippen LogP contribution in [0.25, 0.3) is 0 Å². The monoisotopic (exact) mass is 264 g/mol. The maximum absolute atomic E-state index is 13.7. The second-order valence-electron chi connectivity index (χ2n) is 5.50. The van der Waals surface area contributed by atoms with Crippen LogP contribution in [-0.2, 0) is 11.2 Å². The van der Waals surface area contributed by atoms with Gasteiger partial charge in [-0.25, -0.2) is 4.39 Å². The minimum absolute atomic E-state index is 0.0519. The quantitative estimate of drug-likeness (QED) is 0.900. The molecule has 2 atom stereocenters. The smallest absolute Gasteiger partial charge is 0.126 e. The molecule has 0 amide bonds. The van der Waals surface area contributed by atoms with Crippen molar-refractivity contribution < 1.29 is 9.13 Å². The Hall–Kier alpha value is -0.970. The van der Waals surface area contributed by atoms with Gasteiger partial charge in [-0.2, -0.15) is 0 Å². The lowest BCUT2D eigenvalue weighted by atomic mass is 10.1. The van der Waals surface area contributed by atoms with Crippen LogP contribution in [0.4, 0.5) is 4.39 Å². The molecule has 4 heteroatoms. The van der Waals surface area contributed by atoms with E-state index in [2.05, 4.69) is 23.3 Å². The van der Waals surface area contributed by atoms with Crippen LogP contribution in [0, 0.1) is 5.82 Å². The van der Waals surface area contributed by atoms with Gasteiger partial charge in [-0.05, 0) is 37.1 Å². The molecule has 0 spiro atoms. The SMILES string of the molecule is CN(CC1CNCCO1)C1CCc2c(F)cccc21. The summed E-state index contributed by atoms with van der Waals surface area (Å²) >= 11 is 0. The molecular weight excluding hydrogens is 243 g/mol. The fraction of sp³-hybridized carbons (Fsp3) is 0.600. The molecule has 1 aromatic rings. The van der Waals surface area contributed by atoms with Gasteiger partial charge in [0.05, 0.1) is 12.7 Å². The van der Waals surface area contributed by atoms with Crippen LogP contribution in [0.1, 0.15) is 23.6 Å². The number of likely N-dealkylation sites (N-methyl/N-ethyl adjacent to an activating group) is 1. The van der Waals surface area contributed by atoms with Gasteiger partial charge in [0, 0.05) is 25.7 Å². The Morgan fingerprint density at radius 1 is 1.47 bits per heavy atom.